The summed E-state index contributed by atoms with van der Waals surface area (Å²) in [6.45, 7) is 2.05. The van der Waals surface area contributed by atoms with Crippen molar-refractivity contribution >= 4 is 43.2 Å². The maximum Gasteiger partial charge on any atom is 0.245 e. The number of nitrogens with zero attached hydrogens (tertiary/aromatic N) is 1. The highest BCUT2D eigenvalue weighted by atomic mass is 79.9. The smallest absolute Gasteiger partial charge is 0.245 e. The van der Waals surface area contributed by atoms with Crippen LogP contribution in [0.5, 0.6) is 5.75 Å². The zero-order chi connectivity index (χ0) is 20.0. The highest BCUT2D eigenvalue weighted by molar-refractivity contribution is 9.10. The summed E-state index contributed by atoms with van der Waals surface area (Å²) in [7, 11) is -3.72. The fourth-order valence-corrected chi connectivity index (χ4v) is 3.43. The van der Waals surface area contributed by atoms with Crippen molar-refractivity contribution in [3.8, 4) is 5.75 Å². The number of ether oxygens (including phenoxy) is 1. The van der Waals surface area contributed by atoms with Gasteiger partial charge in [-0.1, -0.05) is 22.9 Å². The number of hydrogen-bond donors (Lipinski definition) is 1. The van der Waals surface area contributed by atoms with E-state index in [1.807, 2.05) is 6.92 Å². The monoisotopic (exact) mass is 458 g/mol. The molecule has 0 spiro atoms. The third-order valence-electron chi connectivity index (χ3n) is 3.49. The Morgan fingerprint density at radius 3 is 2.44 bits per heavy atom. The number of halogens is 2. The van der Waals surface area contributed by atoms with Gasteiger partial charge in [-0.25, -0.2) is 12.8 Å². The van der Waals surface area contributed by atoms with Crippen LogP contribution in [0.25, 0.3) is 0 Å². The van der Waals surface area contributed by atoms with Crippen molar-refractivity contribution < 1.29 is 22.3 Å². The Hall–Kier alpha value is -2.13. The first kappa shape index (κ1) is 21.2. The predicted octanol–water partition coefficient (Wildman–Crippen LogP) is 3.78. The quantitative estimate of drug-likeness (QED) is 0.652. The average Bonchev–Trinajstić information content (AvgIpc) is 2.60. The number of amides is 1. The Bertz CT molecular complexity index is 904. The van der Waals surface area contributed by atoms with Crippen LogP contribution >= 0.6 is 15.9 Å². The first-order valence-electron chi connectivity index (χ1n) is 8.16. The number of carbonyl (C=O) groups is 1. The van der Waals surface area contributed by atoms with Crippen LogP contribution in [0.1, 0.15) is 13.3 Å². The second-order valence-corrected chi connectivity index (χ2v) is 8.61. The molecule has 0 bridgehead atoms. The van der Waals surface area contributed by atoms with Crippen LogP contribution in [0.15, 0.2) is 46.9 Å². The van der Waals surface area contributed by atoms with Crippen LogP contribution in [-0.4, -0.2) is 33.7 Å². The van der Waals surface area contributed by atoms with Gasteiger partial charge in [-0.15, -0.1) is 0 Å². The number of nitrogens with one attached hydrogen (secondary N) is 1. The zero-order valence-corrected chi connectivity index (χ0v) is 17.3. The molecule has 0 aromatic heterocycles. The minimum atomic E-state index is -3.72. The van der Waals surface area contributed by atoms with Gasteiger partial charge in [-0.3, -0.25) is 9.10 Å². The summed E-state index contributed by atoms with van der Waals surface area (Å²) in [5.74, 6) is -0.676. The van der Waals surface area contributed by atoms with Gasteiger partial charge in [0, 0.05) is 4.47 Å². The van der Waals surface area contributed by atoms with Gasteiger partial charge in [0.15, 0.2) is 0 Å². The van der Waals surface area contributed by atoms with Gasteiger partial charge in [0.1, 0.15) is 18.1 Å². The van der Waals surface area contributed by atoms with Crippen molar-refractivity contribution in [2.45, 2.75) is 13.3 Å². The van der Waals surface area contributed by atoms with E-state index in [9.17, 15) is 17.6 Å². The van der Waals surface area contributed by atoms with Gasteiger partial charge in [0.25, 0.3) is 0 Å². The molecule has 0 atom stereocenters. The molecule has 0 unspecified atom stereocenters. The van der Waals surface area contributed by atoms with Gasteiger partial charge in [-0.05, 0) is 48.9 Å². The van der Waals surface area contributed by atoms with Crippen LogP contribution in [0, 0.1) is 5.82 Å². The Morgan fingerprint density at radius 2 is 1.89 bits per heavy atom. The van der Waals surface area contributed by atoms with Crippen LogP contribution in [0.3, 0.4) is 0 Å². The fourth-order valence-electron chi connectivity index (χ4n) is 2.24. The Morgan fingerprint density at radius 1 is 1.22 bits per heavy atom. The van der Waals surface area contributed by atoms with Crippen LogP contribution in [0.4, 0.5) is 15.8 Å². The summed E-state index contributed by atoms with van der Waals surface area (Å²) in [6, 6.07) is 10.5. The third-order valence-corrected chi connectivity index (χ3v) is 5.12. The number of carbonyl (C=O) groups excluding carboxylic acids is 1. The predicted molar refractivity (Wildman–Crippen MR) is 107 cm³/mol. The molecular formula is C18H20BrFN2O4S. The standard InChI is InChI=1S/C18H20BrFN2O4S/c1-3-10-26-15-7-5-14(6-8-15)22(27(2,24)25)12-18(23)21-17-9-4-13(19)11-16(17)20/h4-9,11H,3,10,12H2,1-2H3,(H,21,23). The van der Waals surface area contributed by atoms with Crippen LogP contribution in [0.2, 0.25) is 0 Å². The van der Waals surface area contributed by atoms with E-state index in [4.69, 9.17) is 4.74 Å². The summed E-state index contributed by atoms with van der Waals surface area (Å²) in [5, 5.41) is 2.38. The van der Waals surface area contributed by atoms with Gasteiger partial charge >= 0.3 is 0 Å². The average molecular weight is 459 g/mol. The molecular weight excluding hydrogens is 439 g/mol. The molecule has 0 aliphatic carbocycles. The lowest BCUT2D eigenvalue weighted by Crippen LogP contribution is -2.37. The molecule has 0 aliphatic heterocycles. The lowest BCUT2D eigenvalue weighted by Gasteiger charge is -2.22. The highest BCUT2D eigenvalue weighted by Crippen LogP contribution is 2.23. The molecule has 9 heteroatoms. The van der Waals surface area contributed by atoms with Crippen molar-refractivity contribution in [3.63, 3.8) is 0 Å². The molecule has 0 saturated carbocycles. The van der Waals surface area contributed by atoms with E-state index in [2.05, 4.69) is 21.2 Å². The normalized spacial score (nSPS) is 11.1. The molecule has 1 N–H and O–H groups in total. The summed E-state index contributed by atoms with van der Waals surface area (Å²) < 4.78 is 45.0. The number of anilines is 2. The van der Waals surface area contributed by atoms with E-state index in [1.54, 1.807) is 30.3 Å². The maximum absolute atomic E-state index is 13.9. The van der Waals surface area contributed by atoms with Gasteiger partial charge in [0.05, 0.1) is 24.2 Å². The first-order valence-corrected chi connectivity index (χ1v) is 10.8. The van der Waals surface area contributed by atoms with Crippen molar-refractivity contribution in [1.82, 2.24) is 0 Å². The number of benzene rings is 2. The molecule has 0 saturated heterocycles. The summed E-state index contributed by atoms with van der Waals surface area (Å²) >= 11 is 3.13. The summed E-state index contributed by atoms with van der Waals surface area (Å²) in [4.78, 5) is 12.3. The van der Waals surface area contributed by atoms with Crippen molar-refractivity contribution in [2.75, 3.05) is 29.0 Å². The summed E-state index contributed by atoms with van der Waals surface area (Å²) in [6.07, 6.45) is 1.85. The molecule has 0 heterocycles. The van der Waals surface area contributed by atoms with E-state index in [0.29, 0.717) is 22.5 Å². The number of sulfonamides is 1. The molecule has 0 fully saturated rings. The van der Waals surface area contributed by atoms with Crippen molar-refractivity contribution in [2.24, 2.45) is 0 Å². The molecule has 6 nitrogen and oxygen atoms in total. The lowest BCUT2D eigenvalue weighted by molar-refractivity contribution is -0.114. The van der Waals surface area contributed by atoms with Gasteiger partial charge in [0.2, 0.25) is 15.9 Å². The third kappa shape index (κ3) is 6.21. The molecule has 2 aromatic carbocycles. The Kier molecular flexibility index (Phi) is 7.20. The SMILES string of the molecule is CCCOc1ccc(N(CC(=O)Nc2ccc(Br)cc2F)S(C)(=O)=O)cc1. The van der Waals surface area contributed by atoms with E-state index < -0.39 is 28.3 Å². The fraction of sp³-hybridized carbons (Fsp3) is 0.278. The molecule has 0 aliphatic rings. The van der Waals surface area contributed by atoms with E-state index in [1.165, 1.54) is 12.1 Å². The topological polar surface area (TPSA) is 75.7 Å². The lowest BCUT2D eigenvalue weighted by atomic mass is 10.3. The van der Waals surface area contributed by atoms with Crippen LogP contribution in [-0.2, 0) is 14.8 Å². The van der Waals surface area contributed by atoms with Crippen LogP contribution < -0.4 is 14.4 Å². The second kappa shape index (κ2) is 9.18. The van der Waals surface area contributed by atoms with E-state index in [-0.39, 0.29) is 5.69 Å². The van der Waals surface area contributed by atoms with Crippen molar-refractivity contribution in [1.29, 1.82) is 0 Å². The van der Waals surface area contributed by atoms with Crippen molar-refractivity contribution in [3.05, 3.63) is 52.8 Å². The number of rotatable bonds is 8. The summed E-state index contributed by atoms with van der Waals surface area (Å²) in [5.41, 5.74) is 0.285. The molecule has 1 amide bonds. The Labute approximate surface area is 166 Å². The van der Waals surface area contributed by atoms with Gasteiger partial charge < -0.3 is 10.1 Å². The molecule has 27 heavy (non-hydrogen) atoms. The maximum atomic E-state index is 13.9. The number of hydrogen-bond acceptors (Lipinski definition) is 4. The highest BCUT2D eigenvalue weighted by Gasteiger charge is 2.21. The molecule has 0 radical (unpaired) electrons. The largest absolute Gasteiger partial charge is 0.494 e. The molecule has 146 valence electrons. The Balaban J connectivity index is 2.16. The molecule has 2 rings (SSSR count). The van der Waals surface area contributed by atoms with Gasteiger partial charge in [-0.2, -0.15) is 0 Å². The first-order chi connectivity index (χ1) is 12.7. The van der Waals surface area contributed by atoms with E-state index >= 15 is 0 Å². The minimum absolute atomic E-state index is 0.0278. The zero-order valence-electron chi connectivity index (χ0n) is 14.9. The van der Waals surface area contributed by atoms with E-state index in [0.717, 1.165) is 17.0 Å². The minimum Gasteiger partial charge on any atom is -0.494 e. The molecule has 2 aromatic rings. The second-order valence-electron chi connectivity index (χ2n) is 5.78.